The van der Waals surface area contributed by atoms with Crippen LogP contribution in [-0.2, 0) is 11.2 Å². The summed E-state index contributed by atoms with van der Waals surface area (Å²) in [7, 11) is 0. The Balaban J connectivity index is 1.42. The Morgan fingerprint density at radius 2 is 1.93 bits per heavy atom. The summed E-state index contributed by atoms with van der Waals surface area (Å²) in [4.78, 5) is 15.1. The lowest BCUT2D eigenvalue weighted by molar-refractivity contribution is -0.124. The van der Waals surface area contributed by atoms with Crippen molar-refractivity contribution in [3.63, 3.8) is 0 Å². The SMILES string of the molecule is O=C(CN1CCCCCCC1)N[C@@H](c1ccc2c(c1)CCO2)C1CC(O)C1. The zero-order chi connectivity index (χ0) is 18.6. The number of ether oxygens (including phenoxy) is 1. The summed E-state index contributed by atoms with van der Waals surface area (Å²) in [6.07, 6.45) is 8.51. The van der Waals surface area contributed by atoms with Crippen LogP contribution in [-0.4, -0.2) is 48.3 Å². The largest absolute Gasteiger partial charge is 0.493 e. The first-order valence-corrected chi connectivity index (χ1v) is 10.6. The smallest absolute Gasteiger partial charge is 0.234 e. The van der Waals surface area contributed by atoms with E-state index in [0.717, 1.165) is 50.3 Å². The molecule has 2 heterocycles. The maximum absolute atomic E-state index is 12.8. The van der Waals surface area contributed by atoms with E-state index in [-0.39, 0.29) is 18.1 Å². The maximum atomic E-state index is 12.8. The zero-order valence-corrected chi connectivity index (χ0v) is 16.2. The number of amides is 1. The molecule has 27 heavy (non-hydrogen) atoms. The Labute approximate surface area is 162 Å². The highest BCUT2D eigenvalue weighted by molar-refractivity contribution is 5.78. The Bertz CT molecular complexity index is 649. The van der Waals surface area contributed by atoms with Gasteiger partial charge in [0.2, 0.25) is 5.91 Å². The third kappa shape index (κ3) is 4.64. The van der Waals surface area contributed by atoms with E-state index in [0.29, 0.717) is 12.5 Å². The zero-order valence-electron chi connectivity index (χ0n) is 16.2. The maximum Gasteiger partial charge on any atom is 0.234 e. The van der Waals surface area contributed by atoms with Gasteiger partial charge in [0.15, 0.2) is 0 Å². The lowest BCUT2D eigenvalue weighted by atomic mass is 9.75. The van der Waals surface area contributed by atoms with Crippen LogP contribution in [0.3, 0.4) is 0 Å². The quantitative estimate of drug-likeness (QED) is 0.834. The van der Waals surface area contributed by atoms with Crippen molar-refractivity contribution in [2.75, 3.05) is 26.2 Å². The molecule has 148 valence electrons. The van der Waals surface area contributed by atoms with Crippen LogP contribution in [0.15, 0.2) is 18.2 Å². The van der Waals surface area contributed by atoms with Gasteiger partial charge in [-0.1, -0.05) is 25.3 Å². The van der Waals surface area contributed by atoms with Crippen LogP contribution in [0.5, 0.6) is 5.75 Å². The molecule has 5 heteroatoms. The number of hydrogen-bond acceptors (Lipinski definition) is 4. The Kier molecular flexibility index (Phi) is 5.98. The van der Waals surface area contributed by atoms with Gasteiger partial charge in [-0.2, -0.15) is 0 Å². The molecule has 1 saturated heterocycles. The van der Waals surface area contributed by atoms with E-state index in [1.165, 1.54) is 37.7 Å². The van der Waals surface area contributed by atoms with Crippen LogP contribution in [0.25, 0.3) is 0 Å². The Morgan fingerprint density at radius 3 is 2.67 bits per heavy atom. The second-order valence-corrected chi connectivity index (χ2v) is 8.44. The molecule has 1 aromatic carbocycles. The molecular weight excluding hydrogens is 340 g/mol. The third-order valence-corrected chi connectivity index (χ3v) is 6.33. The van der Waals surface area contributed by atoms with Crippen molar-refractivity contribution >= 4 is 5.91 Å². The van der Waals surface area contributed by atoms with Crippen LogP contribution in [0, 0.1) is 5.92 Å². The fourth-order valence-electron chi connectivity index (χ4n) is 4.67. The van der Waals surface area contributed by atoms with Gasteiger partial charge in [0.1, 0.15) is 5.75 Å². The molecule has 0 unspecified atom stereocenters. The van der Waals surface area contributed by atoms with Gasteiger partial charge in [0, 0.05) is 6.42 Å². The second-order valence-electron chi connectivity index (χ2n) is 8.44. The van der Waals surface area contributed by atoms with Gasteiger partial charge >= 0.3 is 0 Å². The van der Waals surface area contributed by atoms with Crippen LogP contribution in [0.2, 0.25) is 0 Å². The van der Waals surface area contributed by atoms with Gasteiger partial charge < -0.3 is 15.2 Å². The predicted octanol–water partition coefficient (Wildman–Crippen LogP) is 2.82. The van der Waals surface area contributed by atoms with Crippen LogP contribution in [0.4, 0.5) is 0 Å². The highest BCUT2D eigenvalue weighted by atomic mass is 16.5. The fourth-order valence-corrected chi connectivity index (χ4v) is 4.67. The molecule has 0 spiro atoms. The predicted molar refractivity (Wildman–Crippen MR) is 105 cm³/mol. The van der Waals surface area contributed by atoms with Gasteiger partial charge in [-0.15, -0.1) is 0 Å². The van der Waals surface area contributed by atoms with Gasteiger partial charge in [-0.3, -0.25) is 9.69 Å². The van der Waals surface area contributed by atoms with Gasteiger partial charge in [0.25, 0.3) is 0 Å². The summed E-state index contributed by atoms with van der Waals surface area (Å²) < 4.78 is 5.62. The average Bonchev–Trinajstić information content (AvgIpc) is 3.07. The highest BCUT2D eigenvalue weighted by Gasteiger charge is 2.36. The molecule has 0 radical (unpaired) electrons. The van der Waals surface area contributed by atoms with Crippen LogP contribution in [0.1, 0.15) is 62.1 Å². The third-order valence-electron chi connectivity index (χ3n) is 6.33. The van der Waals surface area contributed by atoms with Crippen molar-refractivity contribution in [2.45, 2.75) is 63.5 Å². The lowest BCUT2D eigenvalue weighted by Crippen LogP contribution is -2.45. The highest BCUT2D eigenvalue weighted by Crippen LogP contribution is 2.39. The van der Waals surface area contributed by atoms with E-state index in [1.807, 2.05) is 6.07 Å². The molecule has 2 N–H and O–H groups in total. The summed E-state index contributed by atoms with van der Waals surface area (Å²) in [6.45, 7) is 3.28. The van der Waals surface area contributed by atoms with Gasteiger partial charge in [0.05, 0.1) is 25.3 Å². The first kappa shape index (κ1) is 18.8. The molecule has 0 bridgehead atoms. The number of nitrogens with zero attached hydrogens (tertiary/aromatic N) is 1. The number of carbonyl (C=O) groups excluding carboxylic acids is 1. The topological polar surface area (TPSA) is 61.8 Å². The summed E-state index contributed by atoms with van der Waals surface area (Å²) in [5.74, 6) is 1.40. The van der Waals surface area contributed by atoms with Crippen LogP contribution >= 0.6 is 0 Å². The molecule has 1 aromatic rings. The number of carbonyl (C=O) groups is 1. The normalized spacial score (nSPS) is 26.9. The average molecular weight is 373 g/mol. The molecule has 5 nitrogen and oxygen atoms in total. The molecule has 1 aliphatic carbocycles. The molecule has 1 amide bonds. The summed E-state index contributed by atoms with van der Waals surface area (Å²) >= 11 is 0. The second kappa shape index (κ2) is 8.61. The van der Waals surface area contributed by atoms with E-state index < -0.39 is 0 Å². The lowest BCUT2D eigenvalue weighted by Gasteiger charge is -2.38. The molecule has 0 aromatic heterocycles. The van der Waals surface area contributed by atoms with E-state index >= 15 is 0 Å². The molecule has 1 atom stereocenters. The first-order valence-electron chi connectivity index (χ1n) is 10.6. The van der Waals surface area contributed by atoms with E-state index in [9.17, 15) is 9.90 Å². The van der Waals surface area contributed by atoms with Gasteiger partial charge in [-0.25, -0.2) is 0 Å². The van der Waals surface area contributed by atoms with Crippen molar-refractivity contribution in [2.24, 2.45) is 5.92 Å². The van der Waals surface area contributed by atoms with E-state index in [1.54, 1.807) is 0 Å². The van der Waals surface area contributed by atoms with E-state index in [4.69, 9.17) is 4.74 Å². The van der Waals surface area contributed by atoms with Crippen LogP contribution < -0.4 is 10.1 Å². The first-order chi connectivity index (χ1) is 13.2. The van der Waals surface area contributed by atoms with Crippen molar-refractivity contribution in [3.8, 4) is 5.75 Å². The number of likely N-dealkylation sites (tertiary alicyclic amines) is 1. The molecule has 2 fully saturated rings. The van der Waals surface area contributed by atoms with Gasteiger partial charge in [-0.05, 0) is 68.0 Å². The molecule has 3 aliphatic rings. The standard InChI is InChI=1S/C22H32N2O3/c25-19-13-18(14-19)22(17-6-7-20-16(12-17)8-11-27-20)23-21(26)15-24-9-4-2-1-3-5-10-24/h6-7,12,18-19,22,25H,1-5,8-11,13-15H2,(H,23,26)/t18?,19?,22-/m0/s1. The number of rotatable bonds is 5. The number of benzene rings is 1. The Hall–Kier alpha value is -1.59. The molecule has 1 saturated carbocycles. The number of fused-ring (bicyclic) bond motifs is 1. The minimum absolute atomic E-state index is 0.0124. The molecule has 2 aliphatic heterocycles. The summed E-state index contributed by atoms with van der Waals surface area (Å²) in [5.41, 5.74) is 2.38. The Morgan fingerprint density at radius 1 is 1.19 bits per heavy atom. The number of aliphatic hydroxyl groups excluding tert-OH is 1. The number of aliphatic hydroxyl groups is 1. The number of nitrogens with one attached hydrogen (secondary N) is 1. The van der Waals surface area contributed by atoms with E-state index in [2.05, 4.69) is 22.3 Å². The van der Waals surface area contributed by atoms with Crippen molar-refractivity contribution < 1.29 is 14.6 Å². The monoisotopic (exact) mass is 372 g/mol. The van der Waals surface area contributed by atoms with Crippen molar-refractivity contribution in [1.82, 2.24) is 10.2 Å². The van der Waals surface area contributed by atoms with Crippen molar-refractivity contribution in [3.05, 3.63) is 29.3 Å². The summed E-state index contributed by atoms with van der Waals surface area (Å²) in [5, 5.41) is 13.1. The number of hydrogen-bond donors (Lipinski definition) is 2. The summed E-state index contributed by atoms with van der Waals surface area (Å²) in [6, 6.07) is 6.29. The molecular formula is C22H32N2O3. The fraction of sp³-hybridized carbons (Fsp3) is 0.682. The minimum atomic E-state index is -0.221. The molecule has 4 rings (SSSR count). The minimum Gasteiger partial charge on any atom is -0.493 e. The van der Waals surface area contributed by atoms with Crippen molar-refractivity contribution in [1.29, 1.82) is 0 Å².